The van der Waals surface area contributed by atoms with Crippen LogP contribution in [0.1, 0.15) is 24.4 Å². The summed E-state index contributed by atoms with van der Waals surface area (Å²) in [6, 6.07) is 19.8. The van der Waals surface area contributed by atoms with Gasteiger partial charge in [-0.05, 0) is 29.5 Å². The van der Waals surface area contributed by atoms with Crippen LogP contribution in [0, 0.1) is 0 Å². The lowest BCUT2D eigenvalue weighted by Crippen LogP contribution is -2.28. The highest BCUT2D eigenvalue weighted by molar-refractivity contribution is 5.63. The van der Waals surface area contributed by atoms with Crippen LogP contribution in [-0.2, 0) is 0 Å². The van der Waals surface area contributed by atoms with Gasteiger partial charge in [0.15, 0.2) is 0 Å². The Morgan fingerprint density at radius 2 is 1.58 bits per heavy atom. The first kappa shape index (κ1) is 12.4. The summed E-state index contributed by atoms with van der Waals surface area (Å²) >= 11 is 0. The van der Waals surface area contributed by atoms with Crippen molar-refractivity contribution < 1.29 is 0 Å². The van der Waals surface area contributed by atoms with Crippen LogP contribution in [-0.4, -0.2) is 12.6 Å². The number of benzene rings is 2. The second-order valence-electron chi connectivity index (χ2n) is 5.28. The third-order valence-corrected chi connectivity index (χ3v) is 3.65. The van der Waals surface area contributed by atoms with E-state index in [1.54, 1.807) is 0 Å². The number of hydrogen-bond donors (Lipinski definition) is 2. The van der Waals surface area contributed by atoms with Crippen LogP contribution in [0.2, 0.25) is 0 Å². The molecule has 1 aliphatic carbocycles. The van der Waals surface area contributed by atoms with Crippen LogP contribution in [0.4, 0.5) is 0 Å². The lowest BCUT2D eigenvalue weighted by molar-refractivity contribution is 0.595. The summed E-state index contributed by atoms with van der Waals surface area (Å²) in [5.74, 6) is 0. The van der Waals surface area contributed by atoms with Gasteiger partial charge >= 0.3 is 0 Å². The fraction of sp³-hybridized carbons (Fsp3) is 0.294. The molecule has 0 saturated heterocycles. The summed E-state index contributed by atoms with van der Waals surface area (Å²) in [7, 11) is 0. The minimum atomic E-state index is 0.0884. The summed E-state index contributed by atoms with van der Waals surface area (Å²) in [6.45, 7) is 0.870. The molecule has 0 aliphatic heterocycles. The molecule has 2 aromatic rings. The summed E-state index contributed by atoms with van der Waals surface area (Å²) in [5, 5.41) is 3.48. The van der Waals surface area contributed by atoms with E-state index in [2.05, 4.69) is 53.8 Å². The maximum Gasteiger partial charge on any atom is 0.0421 e. The second-order valence-corrected chi connectivity index (χ2v) is 5.28. The van der Waals surface area contributed by atoms with Crippen molar-refractivity contribution in [3.8, 4) is 11.1 Å². The normalized spacial score (nSPS) is 16.3. The monoisotopic (exact) mass is 252 g/mol. The Morgan fingerprint density at radius 3 is 2.21 bits per heavy atom. The third-order valence-electron chi connectivity index (χ3n) is 3.65. The topological polar surface area (TPSA) is 38.0 Å². The number of hydrogen-bond acceptors (Lipinski definition) is 2. The van der Waals surface area contributed by atoms with Crippen LogP contribution >= 0.6 is 0 Å². The molecule has 1 aliphatic rings. The van der Waals surface area contributed by atoms with Gasteiger partial charge in [-0.3, -0.25) is 0 Å². The highest BCUT2D eigenvalue weighted by Crippen LogP contribution is 2.22. The number of rotatable bonds is 5. The van der Waals surface area contributed by atoms with Crippen molar-refractivity contribution in [3.63, 3.8) is 0 Å². The van der Waals surface area contributed by atoms with Crippen molar-refractivity contribution in [2.24, 2.45) is 5.73 Å². The quantitative estimate of drug-likeness (QED) is 0.858. The molecular weight excluding hydrogens is 232 g/mol. The van der Waals surface area contributed by atoms with Gasteiger partial charge in [0.1, 0.15) is 0 Å². The van der Waals surface area contributed by atoms with Gasteiger partial charge in [0.25, 0.3) is 0 Å². The Bertz CT molecular complexity index is 515. The molecule has 0 bridgehead atoms. The first-order valence-corrected chi connectivity index (χ1v) is 6.97. The van der Waals surface area contributed by atoms with Crippen molar-refractivity contribution in [2.75, 3.05) is 6.54 Å². The molecule has 0 amide bonds. The lowest BCUT2D eigenvalue weighted by atomic mass is 10.0. The zero-order valence-corrected chi connectivity index (χ0v) is 11.0. The van der Waals surface area contributed by atoms with Crippen LogP contribution < -0.4 is 11.1 Å². The molecule has 3 N–H and O–H groups in total. The van der Waals surface area contributed by atoms with E-state index in [1.165, 1.54) is 29.5 Å². The number of nitrogens with two attached hydrogens (primary N) is 1. The molecule has 2 heteroatoms. The molecular formula is C17H20N2. The molecule has 2 aromatic carbocycles. The summed E-state index contributed by atoms with van der Waals surface area (Å²) in [5.41, 5.74) is 9.89. The fourth-order valence-electron chi connectivity index (χ4n) is 2.25. The maximum atomic E-state index is 6.20. The molecule has 0 aromatic heterocycles. The molecule has 2 nitrogen and oxygen atoms in total. The van der Waals surface area contributed by atoms with E-state index in [9.17, 15) is 0 Å². The average molecular weight is 252 g/mol. The van der Waals surface area contributed by atoms with Crippen molar-refractivity contribution in [1.82, 2.24) is 5.32 Å². The van der Waals surface area contributed by atoms with E-state index in [4.69, 9.17) is 5.73 Å². The molecule has 0 radical (unpaired) electrons. The van der Waals surface area contributed by atoms with E-state index in [0.29, 0.717) is 0 Å². The largest absolute Gasteiger partial charge is 0.323 e. The first-order valence-electron chi connectivity index (χ1n) is 6.97. The van der Waals surface area contributed by atoms with Gasteiger partial charge in [0, 0.05) is 18.6 Å². The fourth-order valence-corrected chi connectivity index (χ4v) is 2.25. The Balaban J connectivity index is 1.67. The van der Waals surface area contributed by atoms with Gasteiger partial charge in [-0.15, -0.1) is 0 Å². The lowest BCUT2D eigenvalue weighted by Gasteiger charge is -2.13. The van der Waals surface area contributed by atoms with Crippen LogP contribution in [0.25, 0.3) is 11.1 Å². The first-order chi connectivity index (χ1) is 9.33. The van der Waals surface area contributed by atoms with Gasteiger partial charge in [0.2, 0.25) is 0 Å². The molecule has 98 valence electrons. The summed E-state index contributed by atoms with van der Waals surface area (Å²) in [4.78, 5) is 0. The van der Waals surface area contributed by atoms with Gasteiger partial charge in [-0.25, -0.2) is 0 Å². The average Bonchev–Trinajstić information content (AvgIpc) is 3.30. The zero-order valence-electron chi connectivity index (χ0n) is 11.0. The van der Waals surface area contributed by atoms with Gasteiger partial charge < -0.3 is 11.1 Å². The molecule has 3 rings (SSSR count). The Kier molecular flexibility index (Phi) is 3.62. The highest BCUT2D eigenvalue weighted by atomic mass is 15.0. The van der Waals surface area contributed by atoms with Crippen molar-refractivity contribution >= 4 is 0 Å². The van der Waals surface area contributed by atoms with E-state index < -0.39 is 0 Å². The molecule has 1 fully saturated rings. The van der Waals surface area contributed by atoms with Crippen molar-refractivity contribution in [1.29, 1.82) is 0 Å². The van der Waals surface area contributed by atoms with Crippen LogP contribution in [0.3, 0.4) is 0 Å². The van der Waals surface area contributed by atoms with Gasteiger partial charge in [0.05, 0.1) is 0 Å². The SMILES string of the molecule is NC(CNC1CC1)c1ccc(-c2ccccc2)cc1. The predicted octanol–water partition coefficient (Wildman–Crippen LogP) is 3.11. The minimum absolute atomic E-state index is 0.0884. The highest BCUT2D eigenvalue weighted by Gasteiger charge is 2.21. The Hall–Kier alpha value is -1.64. The maximum absolute atomic E-state index is 6.20. The molecule has 1 saturated carbocycles. The molecule has 0 spiro atoms. The van der Waals surface area contributed by atoms with Gasteiger partial charge in [-0.2, -0.15) is 0 Å². The predicted molar refractivity (Wildman–Crippen MR) is 79.8 cm³/mol. The van der Waals surface area contributed by atoms with E-state index >= 15 is 0 Å². The second kappa shape index (κ2) is 5.55. The van der Waals surface area contributed by atoms with E-state index in [0.717, 1.165) is 12.6 Å². The molecule has 1 atom stereocenters. The summed E-state index contributed by atoms with van der Waals surface area (Å²) in [6.07, 6.45) is 2.61. The van der Waals surface area contributed by atoms with E-state index in [1.807, 2.05) is 6.07 Å². The Labute approximate surface area is 114 Å². The van der Waals surface area contributed by atoms with E-state index in [-0.39, 0.29) is 6.04 Å². The number of nitrogens with one attached hydrogen (secondary N) is 1. The van der Waals surface area contributed by atoms with Crippen molar-refractivity contribution in [2.45, 2.75) is 24.9 Å². The van der Waals surface area contributed by atoms with Crippen molar-refractivity contribution in [3.05, 3.63) is 60.2 Å². The van der Waals surface area contributed by atoms with Gasteiger partial charge in [-0.1, -0.05) is 54.6 Å². The molecule has 19 heavy (non-hydrogen) atoms. The zero-order chi connectivity index (χ0) is 13.1. The molecule has 1 unspecified atom stereocenters. The Morgan fingerprint density at radius 1 is 0.947 bits per heavy atom. The standard InChI is InChI=1S/C17H20N2/c18-17(12-19-16-10-11-16)15-8-6-14(7-9-15)13-4-2-1-3-5-13/h1-9,16-17,19H,10-12,18H2. The summed E-state index contributed by atoms with van der Waals surface area (Å²) < 4.78 is 0. The smallest absolute Gasteiger partial charge is 0.0421 e. The molecule has 0 heterocycles. The minimum Gasteiger partial charge on any atom is -0.323 e. The van der Waals surface area contributed by atoms with Crippen LogP contribution in [0.15, 0.2) is 54.6 Å². The van der Waals surface area contributed by atoms with Crippen LogP contribution in [0.5, 0.6) is 0 Å². The third kappa shape index (κ3) is 3.22.